The summed E-state index contributed by atoms with van der Waals surface area (Å²) in [5, 5.41) is 7.51. The molecule has 2 aliphatic rings. The zero-order valence-electron chi connectivity index (χ0n) is 15.1. The van der Waals surface area contributed by atoms with E-state index in [2.05, 4.69) is 49.3 Å². The number of carbonyl (C=O) groups is 1. The number of fused-ring (bicyclic) bond motifs is 1. The molecule has 1 N–H and O–H groups in total. The van der Waals surface area contributed by atoms with Crippen molar-refractivity contribution in [1.82, 2.24) is 29.5 Å². The first-order chi connectivity index (χ1) is 13.3. The van der Waals surface area contributed by atoms with E-state index in [0.29, 0.717) is 11.7 Å². The molecule has 1 fully saturated rings. The molecule has 138 valence electrons. The quantitative estimate of drug-likeness (QED) is 0.754. The van der Waals surface area contributed by atoms with Gasteiger partial charge in [-0.2, -0.15) is 5.10 Å². The van der Waals surface area contributed by atoms with Crippen LogP contribution >= 0.6 is 0 Å². The van der Waals surface area contributed by atoms with Crippen molar-refractivity contribution in [2.75, 3.05) is 6.54 Å². The predicted octanol–water partition coefficient (Wildman–Crippen LogP) is 1.98. The topological polar surface area (TPSA) is 68.0 Å². The molecule has 4 heterocycles. The van der Waals surface area contributed by atoms with Gasteiger partial charge in [0.05, 0.1) is 24.1 Å². The summed E-state index contributed by atoms with van der Waals surface area (Å²) in [4.78, 5) is 18.9. The number of pyridine rings is 1. The Morgan fingerprint density at radius 2 is 2.15 bits per heavy atom. The number of amides is 1. The Kier molecular flexibility index (Phi) is 4.01. The minimum atomic E-state index is -0.0450. The molecule has 0 radical (unpaired) electrons. The van der Waals surface area contributed by atoms with Crippen LogP contribution in [0, 0.1) is 0 Å². The Morgan fingerprint density at radius 3 is 2.96 bits per heavy atom. The van der Waals surface area contributed by atoms with E-state index in [1.54, 1.807) is 6.20 Å². The highest BCUT2D eigenvalue weighted by molar-refractivity contribution is 5.92. The van der Waals surface area contributed by atoms with Crippen molar-refractivity contribution in [3.05, 3.63) is 66.0 Å². The fourth-order valence-corrected chi connectivity index (χ4v) is 3.58. The fourth-order valence-electron chi connectivity index (χ4n) is 3.58. The largest absolute Gasteiger partial charge is 0.348 e. The molecule has 5 rings (SSSR count). The molecular weight excluding hydrogens is 340 g/mol. The van der Waals surface area contributed by atoms with Crippen LogP contribution in [-0.4, -0.2) is 42.7 Å². The molecular formula is C20H22N6O. The van der Waals surface area contributed by atoms with Crippen molar-refractivity contribution >= 4 is 5.91 Å². The van der Waals surface area contributed by atoms with Crippen LogP contribution in [0.4, 0.5) is 0 Å². The molecule has 0 unspecified atom stereocenters. The number of nitrogens with one attached hydrogen (secondary N) is 1. The molecule has 3 aromatic heterocycles. The van der Waals surface area contributed by atoms with Crippen molar-refractivity contribution in [1.29, 1.82) is 0 Å². The summed E-state index contributed by atoms with van der Waals surface area (Å²) < 4.78 is 4.14. The summed E-state index contributed by atoms with van der Waals surface area (Å²) in [5.74, 6) is -0.0450. The molecule has 1 aliphatic heterocycles. The van der Waals surface area contributed by atoms with Crippen LogP contribution in [0.5, 0.6) is 0 Å². The van der Waals surface area contributed by atoms with Crippen LogP contribution in [0.1, 0.15) is 34.7 Å². The minimum absolute atomic E-state index is 0.0450. The fraction of sp³-hybridized carbons (Fsp3) is 0.350. The highest BCUT2D eigenvalue weighted by Crippen LogP contribution is 2.21. The number of nitrogens with zero attached hydrogens (tertiary/aromatic N) is 5. The predicted molar refractivity (Wildman–Crippen MR) is 100 cm³/mol. The first-order valence-corrected chi connectivity index (χ1v) is 9.43. The van der Waals surface area contributed by atoms with E-state index in [9.17, 15) is 4.79 Å². The summed E-state index contributed by atoms with van der Waals surface area (Å²) >= 11 is 0. The lowest BCUT2D eigenvalue weighted by Gasteiger charge is -2.27. The Labute approximate surface area is 157 Å². The third-order valence-corrected chi connectivity index (χ3v) is 5.17. The van der Waals surface area contributed by atoms with Gasteiger partial charge < -0.3 is 9.88 Å². The molecule has 3 aromatic rings. The van der Waals surface area contributed by atoms with E-state index in [1.807, 2.05) is 23.0 Å². The average molecular weight is 362 g/mol. The number of aromatic nitrogens is 4. The van der Waals surface area contributed by atoms with Gasteiger partial charge in [0.15, 0.2) is 5.69 Å². The van der Waals surface area contributed by atoms with Crippen LogP contribution in [0.2, 0.25) is 0 Å². The molecule has 27 heavy (non-hydrogen) atoms. The van der Waals surface area contributed by atoms with Gasteiger partial charge in [0.1, 0.15) is 0 Å². The van der Waals surface area contributed by atoms with Gasteiger partial charge in [-0.05, 0) is 43.2 Å². The Hall–Kier alpha value is -2.93. The SMILES string of the molecule is O=C(NC1CC1)c1cc2n(n1)CCN(Cc1cccn1-c1cccnc1)C2. The molecule has 7 heteroatoms. The van der Waals surface area contributed by atoms with Crippen LogP contribution in [-0.2, 0) is 19.6 Å². The maximum absolute atomic E-state index is 12.2. The average Bonchev–Trinajstić information content (AvgIpc) is 3.21. The lowest BCUT2D eigenvalue weighted by atomic mass is 10.2. The summed E-state index contributed by atoms with van der Waals surface area (Å²) in [6.45, 7) is 3.36. The van der Waals surface area contributed by atoms with Crippen LogP contribution < -0.4 is 5.32 Å². The first-order valence-electron chi connectivity index (χ1n) is 9.43. The van der Waals surface area contributed by atoms with Gasteiger partial charge in [-0.25, -0.2) is 0 Å². The Balaban J connectivity index is 1.30. The molecule has 7 nitrogen and oxygen atoms in total. The van der Waals surface area contributed by atoms with Gasteiger partial charge in [0.25, 0.3) is 5.91 Å². The zero-order chi connectivity index (χ0) is 18.2. The molecule has 0 saturated heterocycles. The maximum atomic E-state index is 12.2. The second-order valence-electron chi connectivity index (χ2n) is 7.28. The Morgan fingerprint density at radius 1 is 1.22 bits per heavy atom. The molecule has 0 atom stereocenters. The number of hydrogen-bond acceptors (Lipinski definition) is 4. The minimum Gasteiger partial charge on any atom is -0.348 e. The number of carbonyl (C=O) groups excluding carboxylic acids is 1. The highest BCUT2D eigenvalue weighted by atomic mass is 16.2. The number of hydrogen-bond donors (Lipinski definition) is 1. The van der Waals surface area contributed by atoms with E-state index in [4.69, 9.17) is 0 Å². The van der Waals surface area contributed by atoms with Crippen molar-refractivity contribution in [2.24, 2.45) is 0 Å². The van der Waals surface area contributed by atoms with Crippen molar-refractivity contribution in [3.8, 4) is 5.69 Å². The third-order valence-electron chi connectivity index (χ3n) is 5.17. The lowest BCUT2D eigenvalue weighted by Crippen LogP contribution is -2.34. The molecule has 1 saturated carbocycles. The van der Waals surface area contributed by atoms with Crippen LogP contribution in [0.25, 0.3) is 5.69 Å². The monoisotopic (exact) mass is 362 g/mol. The van der Waals surface area contributed by atoms with Gasteiger partial charge in [-0.15, -0.1) is 0 Å². The highest BCUT2D eigenvalue weighted by Gasteiger charge is 2.26. The van der Waals surface area contributed by atoms with Gasteiger partial charge in [0, 0.05) is 43.8 Å². The van der Waals surface area contributed by atoms with Gasteiger partial charge >= 0.3 is 0 Å². The van der Waals surface area contributed by atoms with Crippen LogP contribution in [0.3, 0.4) is 0 Å². The first kappa shape index (κ1) is 16.3. The normalized spacial score (nSPS) is 16.9. The lowest BCUT2D eigenvalue weighted by molar-refractivity contribution is 0.0945. The molecule has 1 amide bonds. The van der Waals surface area contributed by atoms with Crippen molar-refractivity contribution in [2.45, 2.75) is 38.5 Å². The molecule has 0 spiro atoms. The summed E-state index contributed by atoms with van der Waals surface area (Å²) in [6.07, 6.45) is 7.91. The second kappa shape index (κ2) is 6.66. The summed E-state index contributed by atoms with van der Waals surface area (Å²) in [6, 6.07) is 10.5. The summed E-state index contributed by atoms with van der Waals surface area (Å²) in [7, 11) is 0. The van der Waals surface area contributed by atoms with E-state index >= 15 is 0 Å². The molecule has 1 aliphatic carbocycles. The van der Waals surface area contributed by atoms with E-state index < -0.39 is 0 Å². The maximum Gasteiger partial charge on any atom is 0.272 e. The van der Waals surface area contributed by atoms with Crippen LogP contribution in [0.15, 0.2) is 48.9 Å². The molecule has 0 aromatic carbocycles. The third kappa shape index (κ3) is 3.38. The van der Waals surface area contributed by atoms with E-state index in [1.165, 1.54) is 5.69 Å². The molecule has 0 bridgehead atoms. The standard InChI is InChI=1S/C20H22N6O/c27-20(22-15-5-6-15)19-11-18-14-24(9-10-26(18)23-19)13-17-4-2-8-25(17)16-3-1-7-21-12-16/h1-4,7-8,11-12,15H,5-6,9-10,13-14H2,(H,22,27). The van der Waals surface area contributed by atoms with E-state index in [-0.39, 0.29) is 5.91 Å². The van der Waals surface area contributed by atoms with E-state index in [0.717, 1.165) is 50.4 Å². The summed E-state index contributed by atoms with van der Waals surface area (Å²) in [5.41, 5.74) is 3.93. The smallest absolute Gasteiger partial charge is 0.272 e. The van der Waals surface area contributed by atoms with Gasteiger partial charge in [-0.3, -0.25) is 19.4 Å². The Bertz CT molecular complexity index is 956. The van der Waals surface area contributed by atoms with Crippen molar-refractivity contribution < 1.29 is 4.79 Å². The second-order valence-corrected chi connectivity index (χ2v) is 7.28. The van der Waals surface area contributed by atoms with Gasteiger partial charge in [0.2, 0.25) is 0 Å². The number of rotatable bonds is 5. The van der Waals surface area contributed by atoms with Gasteiger partial charge in [-0.1, -0.05) is 0 Å². The van der Waals surface area contributed by atoms with Crippen molar-refractivity contribution in [3.63, 3.8) is 0 Å². The zero-order valence-corrected chi connectivity index (χ0v) is 15.1.